The predicted octanol–water partition coefficient (Wildman–Crippen LogP) is 3.29. The van der Waals surface area contributed by atoms with E-state index in [0.29, 0.717) is 5.90 Å². The molecule has 78 valence electrons. The number of allylic oxidation sites excluding steroid dienone is 2. The van der Waals surface area contributed by atoms with Crippen molar-refractivity contribution in [1.29, 1.82) is 0 Å². The molecular formula is C11H16BrNO. The molecule has 1 rings (SSSR count). The molecule has 0 bridgehead atoms. The number of hydrogen-bond acceptors (Lipinski definition) is 2. The standard InChI is InChI=1S/C11H16BrNO/c1-11(2,3)8-5-6-10(14-4)13-9(12)7-8/h5-7,9H,1-4H3. The zero-order valence-corrected chi connectivity index (χ0v) is 10.6. The number of aliphatic imine (C=N–C) groups is 1. The van der Waals surface area contributed by atoms with Crippen LogP contribution in [0.1, 0.15) is 20.8 Å². The minimum atomic E-state index is 0.00155. The second kappa shape index (κ2) is 4.30. The van der Waals surface area contributed by atoms with Crippen molar-refractivity contribution in [2.75, 3.05) is 7.11 Å². The van der Waals surface area contributed by atoms with Crippen LogP contribution in [0.2, 0.25) is 0 Å². The fourth-order valence-corrected chi connectivity index (χ4v) is 1.67. The van der Waals surface area contributed by atoms with E-state index in [0.717, 1.165) is 0 Å². The van der Waals surface area contributed by atoms with Gasteiger partial charge < -0.3 is 4.74 Å². The Hall–Kier alpha value is -0.570. The van der Waals surface area contributed by atoms with Gasteiger partial charge in [-0.25, -0.2) is 4.99 Å². The van der Waals surface area contributed by atoms with Gasteiger partial charge in [-0.1, -0.05) is 42.8 Å². The highest BCUT2D eigenvalue weighted by atomic mass is 79.9. The van der Waals surface area contributed by atoms with Gasteiger partial charge in [0.1, 0.15) is 4.95 Å². The van der Waals surface area contributed by atoms with Crippen LogP contribution in [0.25, 0.3) is 0 Å². The van der Waals surface area contributed by atoms with Crippen molar-refractivity contribution in [2.45, 2.75) is 25.7 Å². The van der Waals surface area contributed by atoms with E-state index in [2.05, 4.69) is 53.8 Å². The van der Waals surface area contributed by atoms with Gasteiger partial charge in [0.2, 0.25) is 5.90 Å². The molecule has 1 atom stereocenters. The van der Waals surface area contributed by atoms with Crippen molar-refractivity contribution < 1.29 is 4.74 Å². The molecular weight excluding hydrogens is 242 g/mol. The minimum Gasteiger partial charge on any atom is -0.481 e. The van der Waals surface area contributed by atoms with Crippen LogP contribution < -0.4 is 0 Å². The van der Waals surface area contributed by atoms with Gasteiger partial charge in [-0.15, -0.1) is 0 Å². The maximum absolute atomic E-state index is 5.10. The maximum Gasteiger partial charge on any atom is 0.209 e. The highest BCUT2D eigenvalue weighted by Gasteiger charge is 2.17. The van der Waals surface area contributed by atoms with Crippen LogP contribution in [0, 0.1) is 5.41 Å². The topological polar surface area (TPSA) is 21.6 Å². The Morgan fingerprint density at radius 2 is 2.00 bits per heavy atom. The highest BCUT2D eigenvalue weighted by Crippen LogP contribution is 2.29. The van der Waals surface area contributed by atoms with Gasteiger partial charge in [0.05, 0.1) is 7.11 Å². The lowest BCUT2D eigenvalue weighted by atomic mass is 9.86. The molecule has 2 nitrogen and oxygen atoms in total. The van der Waals surface area contributed by atoms with Crippen LogP contribution in [0.4, 0.5) is 0 Å². The van der Waals surface area contributed by atoms with Crippen LogP contribution in [-0.4, -0.2) is 18.0 Å². The van der Waals surface area contributed by atoms with Crippen molar-refractivity contribution in [1.82, 2.24) is 0 Å². The molecule has 1 heterocycles. The molecule has 0 amide bonds. The Kier molecular flexibility index (Phi) is 3.53. The van der Waals surface area contributed by atoms with E-state index in [4.69, 9.17) is 4.74 Å². The molecule has 1 aliphatic rings. The van der Waals surface area contributed by atoms with Crippen LogP contribution in [-0.2, 0) is 4.74 Å². The smallest absolute Gasteiger partial charge is 0.209 e. The molecule has 0 aromatic carbocycles. The third-order valence-electron chi connectivity index (χ3n) is 2.05. The number of alkyl halides is 1. The Morgan fingerprint density at radius 1 is 1.36 bits per heavy atom. The lowest BCUT2D eigenvalue weighted by molar-refractivity contribution is 0.405. The molecule has 0 aliphatic carbocycles. The number of ether oxygens (including phenoxy) is 1. The van der Waals surface area contributed by atoms with Gasteiger partial charge in [-0.3, -0.25) is 0 Å². The van der Waals surface area contributed by atoms with Gasteiger partial charge in [-0.2, -0.15) is 0 Å². The molecule has 0 saturated heterocycles. The van der Waals surface area contributed by atoms with E-state index in [1.54, 1.807) is 7.11 Å². The van der Waals surface area contributed by atoms with Crippen molar-refractivity contribution in [3.8, 4) is 0 Å². The summed E-state index contributed by atoms with van der Waals surface area (Å²) in [7, 11) is 1.63. The Balaban J connectivity index is 2.95. The summed E-state index contributed by atoms with van der Waals surface area (Å²) in [5.41, 5.74) is 1.40. The SMILES string of the molecule is COC1=NC(Br)C=C(C(C)(C)C)C=C1. The lowest BCUT2D eigenvalue weighted by Gasteiger charge is -2.20. The number of halogens is 1. The van der Waals surface area contributed by atoms with E-state index < -0.39 is 0 Å². The molecule has 3 heteroatoms. The van der Waals surface area contributed by atoms with E-state index in [1.165, 1.54) is 5.57 Å². The van der Waals surface area contributed by atoms with Gasteiger partial charge in [0.15, 0.2) is 0 Å². The summed E-state index contributed by atoms with van der Waals surface area (Å²) in [5.74, 6) is 0.655. The van der Waals surface area contributed by atoms with Crippen molar-refractivity contribution in [3.63, 3.8) is 0 Å². The van der Waals surface area contributed by atoms with Crippen LogP contribution in [0.3, 0.4) is 0 Å². The van der Waals surface area contributed by atoms with Gasteiger partial charge >= 0.3 is 0 Å². The third kappa shape index (κ3) is 2.98. The minimum absolute atomic E-state index is 0.00155. The number of rotatable bonds is 0. The molecule has 0 N–H and O–H groups in total. The first-order chi connectivity index (χ1) is 6.43. The molecule has 0 spiro atoms. The first-order valence-corrected chi connectivity index (χ1v) is 5.51. The molecule has 0 saturated carbocycles. The maximum atomic E-state index is 5.10. The van der Waals surface area contributed by atoms with E-state index >= 15 is 0 Å². The summed E-state index contributed by atoms with van der Waals surface area (Å²) in [6.07, 6.45) is 6.06. The largest absolute Gasteiger partial charge is 0.481 e. The molecule has 14 heavy (non-hydrogen) atoms. The van der Waals surface area contributed by atoms with E-state index in [1.807, 2.05) is 6.08 Å². The first-order valence-electron chi connectivity index (χ1n) is 4.60. The normalized spacial score (nSPS) is 22.5. The zero-order valence-electron chi connectivity index (χ0n) is 9.04. The van der Waals surface area contributed by atoms with Gasteiger partial charge in [0.25, 0.3) is 0 Å². The Bertz CT molecular complexity index is 297. The molecule has 0 aromatic heterocycles. The average Bonchev–Trinajstić information content (AvgIpc) is 2.25. The molecule has 1 aliphatic heterocycles. The average molecular weight is 258 g/mol. The second-order valence-corrected chi connectivity index (χ2v) is 5.19. The van der Waals surface area contributed by atoms with Crippen LogP contribution >= 0.6 is 15.9 Å². The summed E-state index contributed by atoms with van der Waals surface area (Å²) in [4.78, 5) is 4.31. The fraction of sp³-hybridized carbons (Fsp3) is 0.545. The monoisotopic (exact) mass is 257 g/mol. The Labute approximate surface area is 93.9 Å². The molecule has 1 unspecified atom stereocenters. The zero-order chi connectivity index (χ0) is 10.8. The van der Waals surface area contributed by atoms with Crippen LogP contribution in [0.5, 0.6) is 0 Å². The second-order valence-electron chi connectivity index (χ2n) is 4.25. The van der Waals surface area contributed by atoms with E-state index in [-0.39, 0.29) is 10.4 Å². The van der Waals surface area contributed by atoms with Crippen LogP contribution in [0.15, 0.2) is 28.8 Å². The first kappa shape index (κ1) is 11.5. The quantitative estimate of drug-likeness (QED) is 0.482. The summed E-state index contributed by atoms with van der Waals surface area (Å²) < 4.78 is 5.10. The van der Waals surface area contributed by atoms with Crippen molar-refractivity contribution >= 4 is 21.8 Å². The lowest BCUT2D eigenvalue weighted by Crippen LogP contribution is -2.08. The Morgan fingerprint density at radius 3 is 2.50 bits per heavy atom. The third-order valence-corrected chi connectivity index (χ3v) is 2.52. The summed E-state index contributed by atoms with van der Waals surface area (Å²) in [6.45, 7) is 6.54. The summed E-state index contributed by atoms with van der Waals surface area (Å²) in [5, 5.41) is 0. The van der Waals surface area contributed by atoms with E-state index in [9.17, 15) is 0 Å². The molecule has 0 aromatic rings. The van der Waals surface area contributed by atoms with Crippen molar-refractivity contribution in [3.05, 3.63) is 23.8 Å². The summed E-state index contributed by atoms with van der Waals surface area (Å²) in [6, 6.07) is 0. The van der Waals surface area contributed by atoms with Gasteiger partial charge in [0, 0.05) is 6.08 Å². The fourth-order valence-electron chi connectivity index (χ4n) is 1.19. The number of hydrogen-bond donors (Lipinski definition) is 0. The highest BCUT2D eigenvalue weighted by molar-refractivity contribution is 9.09. The number of nitrogens with zero attached hydrogens (tertiary/aromatic N) is 1. The number of methoxy groups -OCH3 is 1. The van der Waals surface area contributed by atoms with Crippen molar-refractivity contribution in [2.24, 2.45) is 10.4 Å². The van der Waals surface area contributed by atoms with Gasteiger partial charge in [-0.05, 0) is 17.1 Å². The predicted molar refractivity (Wildman–Crippen MR) is 63.8 cm³/mol. The molecule has 0 radical (unpaired) electrons. The summed E-state index contributed by atoms with van der Waals surface area (Å²) >= 11 is 3.47. The molecule has 0 fully saturated rings.